The number of hydrogen-bond acceptors (Lipinski definition) is 1. The molecule has 0 aliphatic rings. The van der Waals surface area contributed by atoms with Gasteiger partial charge in [0.2, 0.25) is 0 Å². The molecule has 0 aromatic heterocycles. The molecule has 0 aliphatic heterocycles. The van der Waals surface area contributed by atoms with E-state index in [1.165, 1.54) is 6.07 Å². The minimum absolute atomic E-state index is 0.122. The number of nitrogens with one attached hydrogen (secondary N) is 1. The lowest BCUT2D eigenvalue weighted by Gasteiger charge is -2.15. The summed E-state index contributed by atoms with van der Waals surface area (Å²) in [4.78, 5) is 0. The second-order valence-electron chi connectivity index (χ2n) is 3.01. The molecule has 0 radical (unpaired) electrons. The molecule has 80 valence electrons. The van der Waals surface area contributed by atoms with E-state index in [0.29, 0.717) is 12.0 Å². The number of terminal acetylenes is 1. The Morgan fingerprint density at radius 3 is 2.73 bits per heavy atom. The van der Waals surface area contributed by atoms with Gasteiger partial charge in [0.1, 0.15) is 0 Å². The molecule has 15 heavy (non-hydrogen) atoms. The summed E-state index contributed by atoms with van der Waals surface area (Å²) < 4.78 is 26.2. The molecule has 0 spiro atoms. The van der Waals surface area contributed by atoms with E-state index in [9.17, 15) is 8.78 Å². The standard InChI is InChI=1S/C11H10BrF2N/c1-3-4-9(15-2)7-5-6-8(13)11(14)10(7)12/h1,5-6,9,15H,4H2,2H3. The topological polar surface area (TPSA) is 12.0 Å². The first kappa shape index (κ1) is 12.2. The van der Waals surface area contributed by atoms with E-state index in [1.807, 2.05) is 0 Å². The van der Waals surface area contributed by atoms with Crippen LogP contribution in [0.5, 0.6) is 0 Å². The smallest absolute Gasteiger partial charge is 0.173 e. The minimum Gasteiger partial charge on any atom is -0.312 e. The molecule has 0 heterocycles. The van der Waals surface area contributed by atoms with Crippen molar-refractivity contribution in [2.24, 2.45) is 0 Å². The van der Waals surface area contributed by atoms with Gasteiger partial charge in [0.15, 0.2) is 11.6 Å². The SMILES string of the molecule is C#CCC(NC)c1ccc(F)c(F)c1Br. The van der Waals surface area contributed by atoms with Gasteiger partial charge >= 0.3 is 0 Å². The van der Waals surface area contributed by atoms with Gasteiger partial charge in [-0.15, -0.1) is 12.3 Å². The van der Waals surface area contributed by atoms with Crippen LogP contribution in [0.15, 0.2) is 16.6 Å². The molecule has 1 aromatic carbocycles. The van der Waals surface area contributed by atoms with Crippen LogP contribution < -0.4 is 5.32 Å². The minimum atomic E-state index is -0.884. The lowest BCUT2D eigenvalue weighted by atomic mass is 10.0. The summed E-state index contributed by atoms with van der Waals surface area (Å²) >= 11 is 3.02. The van der Waals surface area contributed by atoms with Crippen molar-refractivity contribution in [2.75, 3.05) is 7.05 Å². The molecule has 1 aromatic rings. The molecule has 0 aliphatic carbocycles. The monoisotopic (exact) mass is 273 g/mol. The fourth-order valence-electron chi connectivity index (χ4n) is 1.30. The van der Waals surface area contributed by atoms with Crippen molar-refractivity contribution in [3.05, 3.63) is 33.8 Å². The predicted octanol–water partition coefficient (Wildman–Crippen LogP) is 3.01. The van der Waals surface area contributed by atoms with Crippen LogP contribution in [0, 0.1) is 24.0 Å². The molecule has 0 bridgehead atoms. The fourth-order valence-corrected chi connectivity index (χ4v) is 1.89. The Balaban J connectivity index is 3.14. The fraction of sp³-hybridized carbons (Fsp3) is 0.273. The average Bonchev–Trinajstić information content (AvgIpc) is 2.24. The summed E-state index contributed by atoms with van der Waals surface area (Å²) in [6, 6.07) is 2.43. The molecular formula is C11H10BrF2N. The van der Waals surface area contributed by atoms with E-state index in [-0.39, 0.29) is 10.5 Å². The zero-order valence-electron chi connectivity index (χ0n) is 8.15. The van der Waals surface area contributed by atoms with Crippen molar-refractivity contribution in [1.29, 1.82) is 0 Å². The van der Waals surface area contributed by atoms with Crippen molar-refractivity contribution in [1.82, 2.24) is 5.32 Å². The highest BCUT2D eigenvalue weighted by atomic mass is 79.9. The first-order chi connectivity index (χ1) is 7.11. The average molecular weight is 274 g/mol. The summed E-state index contributed by atoms with van der Waals surface area (Å²) in [7, 11) is 1.72. The second-order valence-corrected chi connectivity index (χ2v) is 3.81. The van der Waals surface area contributed by atoms with Crippen molar-refractivity contribution in [3.63, 3.8) is 0 Å². The zero-order chi connectivity index (χ0) is 11.4. The number of rotatable bonds is 3. The molecule has 0 saturated heterocycles. The molecular weight excluding hydrogens is 264 g/mol. The Kier molecular flexibility index (Phi) is 4.25. The Hall–Kier alpha value is -0.920. The maximum Gasteiger partial charge on any atom is 0.173 e. The first-order valence-corrected chi connectivity index (χ1v) is 5.15. The highest BCUT2D eigenvalue weighted by molar-refractivity contribution is 9.10. The second kappa shape index (κ2) is 5.24. The van der Waals surface area contributed by atoms with Crippen molar-refractivity contribution < 1.29 is 8.78 Å². The molecule has 0 fully saturated rings. The number of hydrogen-bond donors (Lipinski definition) is 1. The van der Waals surface area contributed by atoms with Gasteiger partial charge in [-0.05, 0) is 34.6 Å². The lowest BCUT2D eigenvalue weighted by Crippen LogP contribution is -2.16. The van der Waals surface area contributed by atoms with Crippen molar-refractivity contribution >= 4 is 15.9 Å². The highest BCUT2D eigenvalue weighted by Crippen LogP contribution is 2.29. The summed E-state index contributed by atoms with van der Waals surface area (Å²) in [6.07, 6.45) is 5.60. The third-order valence-electron chi connectivity index (χ3n) is 2.11. The number of halogens is 3. The number of benzene rings is 1. The van der Waals surface area contributed by atoms with Crippen LogP contribution in [0.3, 0.4) is 0 Å². The summed E-state index contributed by atoms with van der Waals surface area (Å²) in [5.41, 5.74) is 0.620. The van der Waals surface area contributed by atoms with Crippen molar-refractivity contribution in [2.45, 2.75) is 12.5 Å². The maximum absolute atomic E-state index is 13.2. The van der Waals surface area contributed by atoms with Crippen LogP contribution in [-0.4, -0.2) is 7.05 Å². The molecule has 4 heteroatoms. The van der Waals surface area contributed by atoms with Crippen LogP contribution in [0.2, 0.25) is 0 Å². The van der Waals surface area contributed by atoms with Gasteiger partial charge in [-0.25, -0.2) is 8.78 Å². The van der Waals surface area contributed by atoms with Gasteiger partial charge in [-0.2, -0.15) is 0 Å². The van der Waals surface area contributed by atoms with Crippen LogP contribution in [0.4, 0.5) is 8.78 Å². The van der Waals surface area contributed by atoms with Gasteiger partial charge in [0.25, 0.3) is 0 Å². The van der Waals surface area contributed by atoms with Gasteiger partial charge in [0, 0.05) is 12.5 Å². The first-order valence-electron chi connectivity index (χ1n) is 4.36. The van der Waals surface area contributed by atoms with E-state index in [0.717, 1.165) is 6.07 Å². The Morgan fingerprint density at radius 2 is 2.20 bits per heavy atom. The van der Waals surface area contributed by atoms with E-state index >= 15 is 0 Å². The van der Waals surface area contributed by atoms with Gasteiger partial charge < -0.3 is 5.32 Å². The molecule has 1 atom stereocenters. The molecule has 1 nitrogen and oxygen atoms in total. The Labute approximate surface area is 96.0 Å². The third-order valence-corrected chi connectivity index (χ3v) is 2.92. The third kappa shape index (κ3) is 2.55. The Morgan fingerprint density at radius 1 is 1.53 bits per heavy atom. The largest absolute Gasteiger partial charge is 0.312 e. The predicted molar refractivity (Wildman–Crippen MR) is 59.3 cm³/mol. The van der Waals surface area contributed by atoms with Gasteiger partial charge in [-0.3, -0.25) is 0 Å². The molecule has 1 N–H and O–H groups in total. The molecule has 1 rings (SSSR count). The van der Waals surface area contributed by atoms with Gasteiger partial charge in [0.05, 0.1) is 4.47 Å². The van der Waals surface area contributed by atoms with Crippen LogP contribution in [-0.2, 0) is 0 Å². The molecule has 0 amide bonds. The van der Waals surface area contributed by atoms with Gasteiger partial charge in [-0.1, -0.05) is 6.07 Å². The highest BCUT2D eigenvalue weighted by Gasteiger charge is 2.16. The quantitative estimate of drug-likeness (QED) is 0.660. The van der Waals surface area contributed by atoms with E-state index in [4.69, 9.17) is 6.42 Å². The van der Waals surface area contributed by atoms with Crippen LogP contribution in [0.25, 0.3) is 0 Å². The van der Waals surface area contributed by atoms with Crippen LogP contribution in [0.1, 0.15) is 18.0 Å². The van der Waals surface area contributed by atoms with Crippen molar-refractivity contribution in [3.8, 4) is 12.3 Å². The maximum atomic E-state index is 13.2. The van der Waals surface area contributed by atoms with E-state index in [2.05, 4.69) is 27.2 Å². The van der Waals surface area contributed by atoms with E-state index < -0.39 is 11.6 Å². The molecule has 1 unspecified atom stereocenters. The summed E-state index contributed by atoms with van der Waals surface area (Å²) in [5, 5.41) is 2.95. The van der Waals surface area contributed by atoms with Crippen LogP contribution >= 0.6 is 15.9 Å². The summed E-state index contributed by atoms with van der Waals surface area (Å²) in [6.45, 7) is 0. The van der Waals surface area contributed by atoms with E-state index in [1.54, 1.807) is 7.05 Å². The zero-order valence-corrected chi connectivity index (χ0v) is 9.74. The normalized spacial score (nSPS) is 12.2. The summed E-state index contributed by atoms with van der Waals surface area (Å²) in [5.74, 6) is 0.721. The molecule has 0 saturated carbocycles. The Bertz CT molecular complexity index is 398. The lowest BCUT2D eigenvalue weighted by molar-refractivity contribution is 0.496.